The summed E-state index contributed by atoms with van der Waals surface area (Å²) in [4.78, 5) is 25.2. The smallest absolute Gasteiger partial charge is 0.271 e. The maximum absolute atomic E-state index is 13.1. The van der Waals surface area contributed by atoms with Crippen LogP contribution in [-0.4, -0.2) is 60.7 Å². The summed E-state index contributed by atoms with van der Waals surface area (Å²) in [6.45, 7) is 6.76. The zero-order valence-corrected chi connectivity index (χ0v) is 18.6. The van der Waals surface area contributed by atoms with Gasteiger partial charge in [-0.25, -0.2) is 8.42 Å². The van der Waals surface area contributed by atoms with Crippen molar-refractivity contribution in [2.75, 3.05) is 31.5 Å². The predicted octanol–water partition coefficient (Wildman–Crippen LogP) is 2.55. The van der Waals surface area contributed by atoms with Crippen LogP contribution in [0.25, 0.3) is 0 Å². The quantitative estimate of drug-likeness (QED) is 0.539. The van der Waals surface area contributed by atoms with Crippen molar-refractivity contribution in [2.45, 2.75) is 31.7 Å². The average molecular weight is 447 g/mol. The van der Waals surface area contributed by atoms with E-state index in [0.717, 1.165) is 5.56 Å². The van der Waals surface area contributed by atoms with Crippen LogP contribution in [0.4, 0.5) is 11.4 Å². The lowest BCUT2D eigenvalue weighted by atomic mass is 10.2. The molecule has 1 amide bonds. The molecule has 1 aliphatic heterocycles. The highest BCUT2D eigenvalue weighted by molar-refractivity contribution is 7.89. The Bertz CT molecular complexity index is 1090. The number of carbonyl (C=O) groups excluding carboxylic acids is 1. The van der Waals surface area contributed by atoms with Crippen LogP contribution in [0.5, 0.6) is 0 Å². The second-order valence-corrected chi connectivity index (χ2v) is 9.59. The van der Waals surface area contributed by atoms with Crippen molar-refractivity contribution in [2.24, 2.45) is 0 Å². The largest absolute Gasteiger partial charge is 0.324 e. The number of anilines is 1. The molecule has 0 aromatic heterocycles. The maximum atomic E-state index is 13.1. The van der Waals surface area contributed by atoms with E-state index in [2.05, 4.69) is 5.32 Å². The summed E-state index contributed by atoms with van der Waals surface area (Å²) in [5.74, 6) is -0.300. The Balaban J connectivity index is 1.63. The molecule has 0 bridgehead atoms. The van der Waals surface area contributed by atoms with Crippen LogP contribution in [0, 0.1) is 24.0 Å². The van der Waals surface area contributed by atoms with Crippen molar-refractivity contribution in [3.8, 4) is 0 Å². The summed E-state index contributed by atoms with van der Waals surface area (Å²) in [7, 11) is -3.60. The molecule has 1 fully saturated rings. The number of carbonyl (C=O) groups is 1. The number of amides is 1. The molecule has 1 aliphatic rings. The highest BCUT2D eigenvalue weighted by Crippen LogP contribution is 2.23. The van der Waals surface area contributed by atoms with Gasteiger partial charge in [0.15, 0.2) is 0 Å². The van der Waals surface area contributed by atoms with Gasteiger partial charge in [0.2, 0.25) is 15.9 Å². The zero-order valence-electron chi connectivity index (χ0n) is 17.7. The van der Waals surface area contributed by atoms with Crippen LogP contribution in [0.1, 0.15) is 18.1 Å². The number of hydrogen-bond acceptors (Lipinski definition) is 6. The van der Waals surface area contributed by atoms with Gasteiger partial charge in [0, 0.05) is 44.0 Å². The van der Waals surface area contributed by atoms with Crippen molar-refractivity contribution in [1.29, 1.82) is 0 Å². The van der Waals surface area contributed by atoms with E-state index in [1.807, 2.05) is 17.9 Å². The van der Waals surface area contributed by atoms with Gasteiger partial charge >= 0.3 is 0 Å². The minimum absolute atomic E-state index is 0.101. The lowest BCUT2D eigenvalue weighted by Gasteiger charge is -2.37. The number of nitrogens with zero attached hydrogens (tertiary/aromatic N) is 3. The first-order valence-electron chi connectivity index (χ1n) is 9.96. The lowest BCUT2D eigenvalue weighted by Crippen LogP contribution is -2.54. The number of nitro benzene ring substituents is 1. The minimum atomic E-state index is -3.60. The standard InChI is InChI=1S/C21H26N4O5S/c1-15-7-8-16(2)20(13-15)31(29,30)24-11-9-23(10-12-24)17(3)21(26)22-18-5-4-6-19(14-18)25(27)28/h4-8,13-14,17H,9-12H2,1-3H3,(H,22,26)/t17-/m1/s1. The third-order valence-corrected chi connectivity index (χ3v) is 7.53. The van der Waals surface area contributed by atoms with Gasteiger partial charge in [-0.2, -0.15) is 4.31 Å². The first-order valence-corrected chi connectivity index (χ1v) is 11.4. The number of sulfonamides is 1. The van der Waals surface area contributed by atoms with Crippen LogP contribution in [0.2, 0.25) is 0 Å². The second kappa shape index (κ2) is 9.13. The summed E-state index contributed by atoms with van der Waals surface area (Å²) in [5.41, 5.74) is 1.84. The molecule has 0 spiro atoms. The van der Waals surface area contributed by atoms with Gasteiger partial charge in [-0.3, -0.25) is 19.8 Å². The summed E-state index contributed by atoms with van der Waals surface area (Å²) >= 11 is 0. The van der Waals surface area contributed by atoms with Crippen LogP contribution in [0.3, 0.4) is 0 Å². The third-order valence-electron chi connectivity index (χ3n) is 5.49. The fraction of sp³-hybridized carbons (Fsp3) is 0.381. The van der Waals surface area contributed by atoms with Crippen LogP contribution in [0.15, 0.2) is 47.4 Å². The number of non-ortho nitro benzene ring substituents is 1. The van der Waals surface area contributed by atoms with Crippen molar-refractivity contribution >= 4 is 27.3 Å². The summed E-state index contributed by atoms with van der Waals surface area (Å²) < 4.78 is 27.6. The lowest BCUT2D eigenvalue weighted by molar-refractivity contribution is -0.384. The molecule has 2 aromatic rings. The van der Waals surface area contributed by atoms with Crippen molar-refractivity contribution in [3.05, 3.63) is 63.7 Å². The van der Waals surface area contributed by atoms with E-state index in [1.54, 1.807) is 32.0 Å². The van der Waals surface area contributed by atoms with Crippen LogP contribution in [-0.2, 0) is 14.8 Å². The first kappa shape index (κ1) is 22.9. The molecular formula is C21H26N4O5S. The highest BCUT2D eigenvalue weighted by atomic mass is 32.2. The number of aryl methyl sites for hydroxylation is 2. The molecule has 1 N–H and O–H groups in total. The van der Waals surface area contributed by atoms with E-state index in [9.17, 15) is 23.3 Å². The van der Waals surface area contributed by atoms with Crippen molar-refractivity contribution < 1.29 is 18.1 Å². The molecule has 0 saturated carbocycles. The molecule has 1 atom stereocenters. The molecule has 3 rings (SSSR count). The molecule has 2 aromatic carbocycles. The van der Waals surface area contributed by atoms with Gasteiger partial charge in [0.25, 0.3) is 5.69 Å². The number of hydrogen-bond donors (Lipinski definition) is 1. The normalized spacial score (nSPS) is 16.6. The number of nitro groups is 1. The van der Waals surface area contributed by atoms with E-state index in [1.165, 1.54) is 22.5 Å². The molecule has 1 heterocycles. The topological polar surface area (TPSA) is 113 Å². The Morgan fingerprint density at radius 1 is 1.10 bits per heavy atom. The molecule has 166 valence electrons. The van der Waals surface area contributed by atoms with Crippen LogP contribution < -0.4 is 5.32 Å². The van der Waals surface area contributed by atoms with Gasteiger partial charge in [0.05, 0.1) is 15.9 Å². The van der Waals surface area contributed by atoms with E-state index >= 15 is 0 Å². The van der Waals surface area contributed by atoms with Gasteiger partial charge in [0.1, 0.15) is 0 Å². The predicted molar refractivity (Wildman–Crippen MR) is 117 cm³/mol. The highest BCUT2D eigenvalue weighted by Gasteiger charge is 2.32. The summed E-state index contributed by atoms with van der Waals surface area (Å²) in [6.07, 6.45) is 0. The Morgan fingerprint density at radius 2 is 1.77 bits per heavy atom. The molecular weight excluding hydrogens is 420 g/mol. The van der Waals surface area contributed by atoms with E-state index in [0.29, 0.717) is 29.2 Å². The summed E-state index contributed by atoms with van der Waals surface area (Å²) in [6, 6.07) is 10.6. The van der Waals surface area contributed by atoms with Gasteiger partial charge in [-0.15, -0.1) is 0 Å². The van der Waals surface area contributed by atoms with E-state index in [-0.39, 0.29) is 24.7 Å². The Morgan fingerprint density at radius 3 is 2.42 bits per heavy atom. The molecule has 1 saturated heterocycles. The molecule has 9 nitrogen and oxygen atoms in total. The minimum Gasteiger partial charge on any atom is -0.324 e. The van der Waals surface area contributed by atoms with Crippen molar-refractivity contribution in [1.82, 2.24) is 9.21 Å². The Hall–Kier alpha value is -2.82. The number of nitrogens with one attached hydrogen (secondary N) is 1. The van der Waals surface area contributed by atoms with Crippen LogP contribution >= 0.6 is 0 Å². The second-order valence-electron chi connectivity index (χ2n) is 7.68. The van der Waals surface area contributed by atoms with Gasteiger partial charge in [-0.05, 0) is 44.0 Å². The van der Waals surface area contributed by atoms with Gasteiger partial charge in [-0.1, -0.05) is 18.2 Å². The molecule has 0 unspecified atom stereocenters. The van der Waals surface area contributed by atoms with Crippen molar-refractivity contribution in [3.63, 3.8) is 0 Å². The first-order chi connectivity index (χ1) is 14.6. The maximum Gasteiger partial charge on any atom is 0.271 e. The molecule has 10 heteroatoms. The monoisotopic (exact) mass is 446 g/mol. The molecule has 31 heavy (non-hydrogen) atoms. The third kappa shape index (κ3) is 5.09. The fourth-order valence-corrected chi connectivity index (χ4v) is 5.30. The fourth-order valence-electron chi connectivity index (χ4n) is 3.57. The summed E-state index contributed by atoms with van der Waals surface area (Å²) in [5, 5.41) is 13.6. The van der Waals surface area contributed by atoms with E-state index < -0.39 is 21.0 Å². The number of rotatable bonds is 6. The Labute approximate surface area is 181 Å². The van der Waals surface area contributed by atoms with E-state index in [4.69, 9.17) is 0 Å². The number of benzene rings is 2. The Kier molecular flexibility index (Phi) is 6.73. The average Bonchev–Trinajstić information content (AvgIpc) is 2.75. The number of piperazine rings is 1. The molecule has 0 aliphatic carbocycles. The zero-order chi connectivity index (χ0) is 22.8. The SMILES string of the molecule is Cc1ccc(C)c(S(=O)(=O)N2CCN([C@H](C)C(=O)Nc3cccc([N+](=O)[O-])c3)CC2)c1. The molecule has 0 radical (unpaired) electrons. The van der Waals surface area contributed by atoms with Gasteiger partial charge < -0.3 is 5.32 Å².